The van der Waals surface area contributed by atoms with Crippen molar-refractivity contribution in [1.29, 1.82) is 0 Å². The SMILES string of the molecule is C.COc1ccc(C)cc1NC(=O)c1ccccc1OC. The molecule has 112 valence electrons. The van der Waals surface area contributed by atoms with Crippen molar-refractivity contribution in [2.24, 2.45) is 0 Å². The minimum atomic E-state index is -0.230. The van der Waals surface area contributed by atoms with E-state index in [1.165, 1.54) is 0 Å². The summed E-state index contributed by atoms with van der Waals surface area (Å²) in [5.74, 6) is 0.932. The smallest absolute Gasteiger partial charge is 0.259 e. The van der Waals surface area contributed by atoms with E-state index in [0.717, 1.165) is 5.56 Å². The lowest BCUT2D eigenvalue weighted by molar-refractivity contribution is 0.102. The van der Waals surface area contributed by atoms with Gasteiger partial charge in [-0.25, -0.2) is 0 Å². The monoisotopic (exact) mass is 287 g/mol. The third kappa shape index (κ3) is 3.75. The molecule has 0 radical (unpaired) electrons. The van der Waals surface area contributed by atoms with Gasteiger partial charge in [-0.05, 0) is 36.8 Å². The normalized spacial score (nSPS) is 9.48. The van der Waals surface area contributed by atoms with E-state index in [9.17, 15) is 4.79 Å². The molecular weight excluding hydrogens is 266 g/mol. The van der Waals surface area contributed by atoms with Gasteiger partial charge in [0.05, 0.1) is 25.5 Å². The molecule has 0 saturated carbocycles. The van der Waals surface area contributed by atoms with Gasteiger partial charge < -0.3 is 14.8 Å². The Bertz CT molecular complexity index is 623. The van der Waals surface area contributed by atoms with Gasteiger partial charge in [0.25, 0.3) is 5.91 Å². The van der Waals surface area contributed by atoms with E-state index >= 15 is 0 Å². The molecule has 1 N–H and O–H groups in total. The summed E-state index contributed by atoms with van der Waals surface area (Å²) in [6.07, 6.45) is 0. The molecule has 1 amide bonds. The molecule has 0 aromatic heterocycles. The number of methoxy groups -OCH3 is 2. The van der Waals surface area contributed by atoms with Crippen molar-refractivity contribution in [3.8, 4) is 11.5 Å². The van der Waals surface area contributed by atoms with Gasteiger partial charge in [-0.2, -0.15) is 0 Å². The van der Waals surface area contributed by atoms with Crippen LogP contribution in [0.4, 0.5) is 5.69 Å². The third-order valence-electron chi connectivity index (χ3n) is 2.95. The number of anilines is 1. The van der Waals surface area contributed by atoms with Crippen LogP contribution in [0.15, 0.2) is 42.5 Å². The second-order valence-corrected chi connectivity index (χ2v) is 4.36. The van der Waals surface area contributed by atoms with E-state index in [0.29, 0.717) is 22.7 Å². The highest BCUT2D eigenvalue weighted by molar-refractivity contribution is 6.06. The predicted octanol–water partition coefficient (Wildman–Crippen LogP) is 3.90. The summed E-state index contributed by atoms with van der Waals surface area (Å²) in [4.78, 5) is 12.3. The number of amides is 1. The van der Waals surface area contributed by atoms with Crippen molar-refractivity contribution in [3.05, 3.63) is 53.6 Å². The van der Waals surface area contributed by atoms with Crippen molar-refractivity contribution in [1.82, 2.24) is 0 Å². The van der Waals surface area contributed by atoms with Gasteiger partial charge in [0.1, 0.15) is 11.5 Å². The van der Waals surface area contributed by atoms with Gasteiger partial charge in [0.2, 0.25) is 0 Å². The van der Waals surface area contributed by atoms with Crippen molar-refractivity contribution in [3.63, 3.8) is 0 Å². The Kier molecular flexibility index (Phi) is 5.79. The Hall–Kier alpha value is -2.49. The van der Waals surface area contributed by atoms with E-state index in [4.69, 9.17) is 9.47 Å². The number of nitrogens with one attached hydrogen (secondary N) is 1. The van der Waals surface area contributed by atoms with Crippen LogP contribution in [0.25, 0.3) is 0 Å². The summed E-state index contributed by atoms with van der Waals surface area (Å²) < 4.78 is 10.4. The topological polar surface area (TPSA) is 47.6 Å². The summed E-state index contributed by atoms with van der Waals surface area (Å²) in [5, 5.41) is 2.85. The zero-order valence-corrected chi connectivity index (χ0v) is 11.8. The minimum Gasteiger partial charge on any atom is -0.496 e. The second kappa shape index (κ2) is 7.33. The number of hydrogen-bond donors (Lipinski definition) is 1. The molecule has 21 heavy (non-hydrogen) atoms. The number of aryl methyl sites for hydroxylation is 1. The van der Waals surface area contributed by atoms with E-state index in [1.54, 1.807) is 32.4 Å². The van der Waals surface area contributed by atoms with E-state index in [-0.39, 0.29) is 13.3 Å². The number of ether oxygens (including phenoxy) is 2. The molecule has 0 fully saturated rings. The first-order valence-electron chi connectivity index (χ1n) is 6.24. The van der Waals surface area contributed by atoms with Crippen LogP contribution in [0, 0.1) is 6.92 Å². The highest BCUT2D eigenvalue weighted by Gasteiger charge is 2.13. The van der Waals surface area contributed by atoms with Crippen molar-refractivity contribution < 1.29 is 14.3 Å². The van der Waals surface area contributed by atoms with Crippen LogP contribution in [-0.4, -0.2) is 20.1 Å². The van der Waals surface area contributed by atoms with Gasteiger partial charge in [-0.15, -0.1) is 0 Å². The Labute approximate surface area is 125 Å². The maximum Gasteiger partial charge on any atom is 0.259 e. The van der Waals surface area contributed by atoms with Crippen LogP contribution in [0.1, 0.15) is 23.3 Å². The minimum absolute atomic E-state index is 0. The zero-order valence-electron chi connectivity index (χ0n) is 11.8. The summed E-state index contributed by atoms with van der Waals surface area (Å²) in [5.41, 5.74) is 2.17. The molecule has 0 saturated heterocycles. The number of rotatable bonds is 4. The first-order valence-corrected chi connectivity index (χ1v) is 6.24. The number of hydrogen-bond acceptors (Lipinski definition) is 3. The standard InChI is InChI=1S/C16H17NO3.CH4/c1-11-8-9-15(20-3)13(10-11)17-16(18)12-6-4-5-7-14(12)19-2;/h4-10H,1-3H3,(H,17,18);1H4. The van der Waals surface area contributed by atoms with Crippen molar-refractivity contribution in [2.75, 3.05) is 19.5 Å². The maximum atomic E-state index is 12.3. The molecule has 4 heteroatoms. The third-order valence-corrected chi connectivity index (χ3v) is 2.95. The molecule has 0 atom stereocenters. The Morgan fingerprint density at radius 3 is 2.33 bits per heavy atom. The first kappa shape index (κ1) is 16.6. The Morgan fingerprint density at radius 2 is 1.67 bits per heavy atom. The number of carbonyl (C=O) groups excluding carboxylic acids is 1. The number of carbonyl (C=O) groups is 1. The summed E-state index contributed by atoms with van der Waals surface area (Å²) in [7, 11) is 3.11. The Morgan fingerprint density at radius 1 is 1.00 bits per heavy atom. The molecule has 2 aromatic rings. The highest BCUT2D eigenvalue weighted by atomic mass is 16.5. The fourth-order valence-corrected chi connectivity index (χ4v) is 1.94. The van der Waals surface area contributed by atoms with E-state index in [1.807, 2.05) is 31.2 Å². The summed E-state index contributed by atoms with van der Waals surface area (Å²) >= 11 is 0. The molecule has 4 nitrogen and oxygen atoms in total. The second-order valence-electron chi connectivity index (χ2n) is 4.36. The van der Waals surface area contributed by atoms with Crippen molar-refractivity contribution in [2.45, 2.75) is 14.4 Å². The van der Waals surface area contributed by atoms with Gasteiger partial charge in [-0.3, -0.25) is 4.79 Å². The molecule has 0 bridgehead atoms. The molecule has 0 aliphatic heterocycles. The quantitative estimate of drug-likeness (QED) is 0.927. The molecule has 0 spiro atoms. The van der Waals surface area contributed by atoms with E-state index < -0.39 is 0 Å². The largest absolute Gasteiger partial charge is 0.496 e. The average Bonchev–Trinajstić information content (AvgIpc) is 2.47. The molecule has 0 aliphatic rings. The van der Waals surface area contributed by atoms with Crippen LogP contribution >= 0.6 is 0 Å². The predicted molar refractivity (Wildman–Crippen MR) is 85.4 cm³/mol. The average molecular weight is 287 g/mol. The van der Waals surface area contributed by atoms with Gasteiger partial charge in [-0.1, -0.05) is 25.6 Å². The van der Waals surface area contributed by atoms with Crippen molar-refractivity contribution >= 4 is 11.6 Å². The Balaban J connectivity index is 0.00000220. The lowest BCUT2D eigenvalue weighted by atomic mass is 10.1. The fourth-order valence-electron chi connectivity index (χ4n) is 1.94. The number of benzene rings is 2. The van der Waals surface area contributed by atoms with Gasteiger partial charge in [0.15, 0.2) is 0 Å². The fraction of sp³-hybridized carbons (Fsp3) is 0.235. The molecule has 0 heterocycles. The van der Waals surface area contributed by atoms with Crippen LogP contribution in [-0.2, 0) is 0 Å². The van der Waals surface area contributed by atoms with E-state index in [2.05, 4.69) is 5.32 Å². The first-order chi connectivity index (χ1) is 9.65. The summed E-state index contributed by atoms with van der Waals surface area (Å²) in [6.45, 7) is 1.96. The zero-order chi connectivity index (χ0) is 14.5. The van der Waals surface area contributed by atoms with Gasteiger partial charge in [0, 0.05) is 0 Å². The molecular formula is C17H21NO3. The lowest BCUT2D eigenvalue weighted by Crippen LogP contribution is -2.13. The lowest BCUT2D eigenvalue weighted by Gasteiger charge is -2.12. The van der Waals surface area contributed by atoms with Crippen LogP contribution < -0.4 is 14.8 Å². The number of para-hydroxylation sites is 1. The molecule has 0 unspecified atom stereocenters. The van der Waals surface area contributed by atoms with Gasteiger partial charge >= 0.3 is 0 Å². The van der Waals surface area contributed by atoms with Crippen LogP contribution in [0.2, 0.25) is 0 Å². The summed E-state index contributed by atoms with van der Waals surface area (Å²) in [6, 6.07) is 12.7. The maximum absolute atomic E-state index is 12.3. The molecule has 0 aliphatic carbocycles. The van der Waals surface area contributed by atoms with Crippen LogP contribution in [0.3, 0.4) is 0 Å². The molecule has 2 aromatic carbocycles. The van der Waals surface area contributed by atoms with Crippen LogP contribution in [0.5, 0.6) is 11.5 Å². The molecule has 2 rings (SSSR count). The highest BCUT2D eigenvalue weighted by Crippen LogP contribution is 2.27.